The first kappa shape index (κ1) is 14.0. The van der Waals surface area contributed by atoms with Crippen LogP contribution < -0.4 is 10.6 Å². The molecule has 1 fully saturated rings. The van der Waals surface area contributed by atoms with Gasteiger partial charge < -0.3 is 10.6 Å². The van der Waals surface area contributed by atoms with Crippen LogP contribution in [0.1, 0.15) is 24.0 Å². The minimum Gasteiger partial charge on any atom is -0.389 e. The monoisotopic (exact) mass is 366 g/mol. The predicted octanol–water partition coefficient (Wildman–Crippen LogP) is 4.31. The first-order valence-corrected chi connectivity index (χ1v) is 8.66. The fourth-order valence-electron chi connectivity index (χ4n) is 2.27. The SMILES string of the molecule is NC(=S)c1ccc(N(Cc2ccsc2)C2CC2)c(Br)c1. The minimum absolute atomic E-state index is 0.438. The largest absolute Gasteiger partial charge is 0.389 e. The summed E-state index contributed by atoms with van der Waals surface area (Å²) in [5.41, 5.74) is 9.18. The van der Waals surface area contributed by atoms with Crippen molar-refractivity contribution in [1.82, 2.24) is 0 Å². The van der Waals surface area contributed by atoms with Gasteiger partial charge in [0.1, 0.15) is 4.99 Å². The average molecular weight is 367 g/mol. The normalized spacial score (nSPS) is 14.2. The predicted molar refractivity (Wildman–Crippen MR) is 93.6 cm³/mol. The second kappa shape index (κ2) is 5.84. The van der Waals surface area contributed by atoms with Crippen LogP contribution >= 0.6 is 39.5 Å². The van der Waals surface area contributed by atoms with E-state index in [0.717, 1.165) is 16.6 Å². The first-order valence-electron chi connectivity index (χ1n) is 6.52. The molecule has 0 saturated heterocycles. The quantitative estimate of drug-likeness (QED) is 0.799. The molecule has 1 aromatic heterocycles. The van der Waals surface area contributed by atoms with Gasteiger partial charge in [-0.05, 0) is 69.4 Å². The Labute approximate surface area is 136 Å². The number of anilines is 1. The Bertz CT molecular complexity index is 621. The van der Waals surface area contributed by atoms with Crippen LogP contribution in [-0.2, 0) is 6.54 Å². The summed E-state index contributed by atoms with van der Waals surface area (Å²) in [7, 11) is 0. The molecule has 3 rings (SSSR count). The van der Waals surface area contributed by atoms with Crippen molar-refractivity contribution in [3.05, 3.63) is 50.6 Å². The van der Waals surface area contributed by atoms with Gasteiger partial charge >= 0.3 is 0 Å². The lowest BCUT2D eigenvalue weighted by molar-refractivity contribution is 0.794. The summed E-state index contributed by atoms with van der Waals surface area (Å²) >= 11 is 10.4. The number of halogens is 1. The highest BCUT2D eigenvalue weighted by Gasteiger charge is 2.30. The molecule has 1 heterocycles. The van der Waals surface area contributed by atoms with E-state index in [9.17, 15) is 0 Å². The zero-order chi connectivity index (χ0) is 14.1. The molecule has 0 aliphatic heterocycles. The molecule has 0 atom stereocenters. The molecule has 104 valence electrons. The van der Waals surface area contributed by atoms with E-state index in [1.54, 1.807) is 11.3 Å². The standard InChI is InChI=1S/C15H15BrN2S2/c16-13-7-11(15(17)19)1-4-14(13)18(12-2-3-12)8-10-5-6-20-9-10/h1,4-7,9,12H,2-3,8H2,(H2,17,19). The number of hydrogen-bond donors (Lipinski definition) is 1. The Morgan fingerprint density at radius 3 is 2.75 bits per heavy atom. The van der Waals surface area contributed by atoms with Gasteiger partial charge in [0, 0.05) is 22.6 Å². The van der Waals surface area contributed by atoms with E-state index in [1.807, 2.05) is 12.1 Å². The number of nitrogens with two attached hydrogens (primary N) is 1. The van der Waals surface area contributed by atoms with Crippen LogP contribution in [0.5, 0.6) is 0 Å². The van der Waals surface area contributed by atoms with E-state index in [0.29, 0.717) is 11.0 Å². The zero-order valence-electron chi connectivity index (χ0n) is 10.9. The molecule has 1 aliphatic rings. The highest BCUT2D eigenvalue weighted by Crippen LogP contribution is 2.37. The number of thiophene rings is 1. The van der Waals surface area contributed by atoms with Crippen LogP contribution in [0, 0.1) is 0 Å². The van der Waals surface area contributed by atoms with E-state index in [-0.39, 0.29) is 0 Å². The topological polar surface area (TPSA) is 29.3 Å². The van der Waals surface area contributed by atoms with Gasteiger partial charge in [-0.25, -0.2) is 0 Å². The Morgan fingerprint density at radius 2 is 2.20 bits per heavy atom. The maximum absolute atomic E-state index is 5.69. The van der Waals surface area contributed by atoms with Crippen molar-refractivity contribution in [2.24, 2.45) is 5.73 Å². The van der Waals surface area contributed by atoms with E-state index in [4.69, 9.17) is 18.0 Å². The van der Waals surface area contributed by atoms with Crippen LogP contribution in [0.4, 0.5) is 5.69 Å². The van der Waals surface area contributed by atoms with Gasteiger partial charge in [-0.15, -0.1) is 0 Å². The maximum atomic E-state index is 5.69. The highest BCUT2D eigenvalue weighted by molar-refractivity contribution is 9.10. The number of rotatable bonds is 5. The van der Waals surface area contributed by atoms with Crippen LogP contribution in [0.25, 0.3) is 0 Å². The Hall–Kier alpha value is -0.910. The molecule has 0 radical (unpaired) electrons. The van der Waals surface area contributed by atoms with Gasteiger partial charge in [-0.1, -0.05) is 12.2 Å². The summed E-state index contributed by atoms with van der Waals surface area (Å²) < 4.78 is 1.06. The molecular formula is C15H15BrN2S2. The lowest BCUT2D eigenvalue weighted by Gasteiger charge is -2.26. The molecule has 2 nitrogen and oxygen atoms in total. The third-order valence-corrected chi connectivity index (χ3v) is 5.07. The molecule has 20 heavy (non-hydrogen) atoms. The summed E-state index contributed by atoms with van der Waals surface area (Å²) in [5.74, 6) is 0. The molecule has 1 aromatic carbocycles. The van der Waals surface area contributed by atoms with Gasteiger partial charge in [0.15, 0.2) is 0 Å². The summed E-state index contributed by atoms with van der Waals surface area (Å²) in [6.45, 7) is 0.958. The van der Waals surface area contributed by atoms with Gasteiger partial charge in [0.05, 0.1) is 5.69 Å². The van der Waals surface area contributed by atoms with Crippen molar-refractivity contribution < 1.29 is 0 Å². The third kappa shape index (κ3) is 3.05. The second-order valence-electron chi connectivity index (χ2n) is 5.02. The molecule has 0 amide bonds. The van der Waals surface area contributed by atoms with Crippen LogP contribution in [-0.4, -0.2) is 11.0 Å². The van der Waals surface area contributed by atoms with Crippen molar-refractivity contribution in [2.45, 2.75) is 25.4 Å². The third-order valence-electron chi connectivity index (χ3n) is 3.46. The lowest BCUT2D eigenvalue weighted by Crippen LogP contribution is -2.25. The maximum Gasteiger partial charge on any atom is 0.104 e. The van der Waals surface area contributed by atoms with Crippen molar-refractivity contribution >= 4 is 50.2 Å². The van der Waals surface area contributed by atoms with Crippen molar-refractivity contribution in [2.75, 3.05) is 4.90 Å². The molecule has 5 heteroatoms. The van der Waals surface area contributed by atoms with E-state index < -0.39 is 0 Å². The van der Waals surface area contributed by atoms with Crippen molar-refractivity contribution in [3.8, 4) is 0 Å². The van der Waals surface area contributed by atoms with Gasteiger partial charge in [0.25, 0.3) is 0 Å². The Morgan fingerprint density at radius 1 is 1.40 bits per heavy atom. The summed E-state index contributed by atoms with van der Waals surface area (Å²) in [5, 5.41) is 4.35. The van der Waals surface area contributed by atoms with Crippen LogP contribution in [0.2, 0.25) is 0 Å². The van der Waals surface area contributed by atoms with Crippen molar-refractivity contribution in [1.29, 1.82) is 0 Å². The number of hydrogen-bond acceptors (Lipinski definition) is 3. The van der Waals surface area contributed by atoms with Gasteiger partial charge in [-0.2, -0.15) is 11.3 Å². The minimum atomic E-state index is 0.438. The van der Waals surface area contributed by atoms with Crippen LogP contribution in [0.3, 0.4) is 0 Å². The molecule has 1 aliphatic carbocycles. The second-order valence-corrected chi connectivity index (χ2v) is 7.10. The lowest BCUT2D eigenvalue weighted by atomic mass is 10.2. The number of nitrogens with zero attached hydrogens (tertiary/aromatic N) is 1. The molecular weight excluding hydrogens is 352 g/mol. The summed E-state index contributed by atoms with van der Waals surface area (Å²) in [4.78, 5) is 2.91. The summed E-state index contributed by atoms with van der Waals surface area (Å²) in [6.07, 6.45) is 2.54. The fraction of sp³-hybridized carbons (Fsp3) is 0.267. The van der Waals surface area contributed by atoms with Crippen molar-refractivity contribution in [3.63, 3.8) is 0 Å². The summed E-state index contributed by atoms with van der Waals surface area (Å²) in [6, 6.07) is 8.98. The molecule has 0 unspecified atom stereocenters. The van der Waals surface area contributed by atoms with Crippen LogP contribution in [0.15, 0.2) is 39.5 Å². The Balaban J connectivity index is 1.89. The fourth-order valence-corrected chi connectivity index (χ4v) is 3.66. The van der Waals surface area contributed by atoms with E-state index in [2.05, 4.69) is 43.7 Å². The molecule has 0 spiro atoms. The smallest absolute Gasteiger partial charge is 0.104 e. The molecule has 1 saturated carbocycles. The molecule has 0 bridgehead atoms. The average Bonchev–Trinajstić information content (AvgIpc) is 3.14. The Kier molecular flexibility index (Phi) is 4.10. The first-order chi connectivity index (χ1) is 9.65. The molecule has 2 aromatic rings. The highest BCUT2D eigenvalue weighted by atomic mass is 79.9. The zero-order valence-corrected chi connectivity index (χ0v) is 14.1. The van der Waals surface area contributed by atoms with E-state index >= 15 is 0 Å². The van der Waals surface area contributed by atoms with Gasteiger partial charge in [-0.3, -0.25) is 0 Å². The number of thiocarbonyl (C=S) groups is 1. The number of benzene rings is 1. The molecule has 2 N–H and O–H groups in total. The van der Waals surface area contributed by atoms with E-state index in [1.165, 1.54) is 24.1 Å². The van der Waals surface area contributed by atoms with Gasteiger partial charge in [0.2, 0.25) is 0 Å².